The van der Waals surface area contributed by atoms with Crippen LogP contribution < -0.4 is 4.74 Å². The number of hydrogen-bond acceptors (Lipinski definition) is 2. The smallest absolute Gasteiger partial charge is 0.219 e. The van der Waals surface area contributed by atoms with E-state index in [1.807, 2.05) is 0 Å². The Morgan fingerprint density at radius 3 is 2.56 bits per heavy atom. The molecule has 0 N–H and O–H groups in total. The number of halogens is 3. The van der Waals surface area contributed by atoms with Crippen molar-refractivity contribution in [3.8, 4) is 11.6 Å². The van der Waals surface area contributed by atoms with Crippen molar-refractivity contribution in [3.05, 3.63) is 52.6 Å². The third-order valence-electron chi connectivity index (χ3n) is 1.83. The molecule has 1 heterocycles. The zero-order chi connectivity index (χ0) is 11.5. The van der Waals surface area contributed by atoms with Crippen LogP contribution in [-0.4, -0.2) is 4.98 Å². The van der Waals surface area contributed by atoms with Crippen LogP contribution in [0.1, 0.15) is 0 Å². The zero-order valence-corrected chi connectivity index (χ0v) is 9.54. The molecule has 0 saturated carbocycles. The van der Waals surface area contributed by atoms with E-state index in [0.29, 0.717) is 10.4 Å². The Balaban J connectivity index is 2.32. The van der Waals surface area contributed by atoms with Gasteiger partial charge < -0.3 is 4.74 Å². The van der Waals surface area contributed by atoms with Gasteiger partial charge in [0.25, 0.3) is 0 Å². The maximum Gasteiger partial charge on any atom is 0.219 e. The maximum atomic E-state index is 13.0. The molecule has 0 aliphatic rings. The molecule has 2 nitrogen and oxygen atoms in total. The predicted molar refractivity (Wildman–Crippen MR) is 58.4 cm³/mol. The first-order valence-electron chi connectivity index (χ1n) is 4.40. The number of nitrogens with zero attached hydrogens (tertiary/aromatic N) is 1. The average molecular weight is 286 g/mol. The topological polar surface area (TPSA) is 22.1 Å². The molecule has 1 aromatic carbocycles. The molecule has 0 spiro atoms. The van der Waals surface area contributed by atoms with E-state index in [1.54, 1.807) is 24.4 Å². The number of hydrogen-bond donors (Lipinski definition) is 0. The summed E-state index contributed by atoms with van der Waals surface area (Å²) in [7, 11) is 0. The Kier molecular flexibility index (Phi) is 3.14. The Hall–Kier alpha value is -1.49. The minimum atomic E-state index is -0.964. The van der Waals surface area contributed by atoms with Gasteiger partial charge in [0.15, 0.2) is 11.6 Å². The fourth-order valence-corrected chi connectivity index (χ4v) is 1.50. The fraction of sp³-hybridized carbons (Fsp3) is 0. The largest absolute Gasteiger partial charge is 0.438 e. The second-order valence-corrected chi connectivity index (χ2v) is 3.82. The molecule has 0 saturated heterocycles. The number of rotatable bonds is 2. The number of pyridine rings is 1. The Labute approximate surface area is 99.0 Å². The molecule has 0 bridgehead atoms. The van der Waals surface area contributed by atoms with Gasteiger partial charge in [-0.15, -0.1) is 0 Å². The van der Waals surface area contributed by atoms with Crippen molar-refractivity contribution in [2.75, 3.05) is 0 Å². The summed E-state index contributed by atoms with van der Waals surface area (Å²) >= 11 is 3.08. The van der Waals surface area contributed by atoms with E-state index >= 15 is 0 Å². The van der Waals surface area contributed by atoms with Crippen LogP contribution in [-0.2, 0) is 0 Å². The van der Waals surface area contributed by atoms with Crippen LogP contribution in [0.3, 0.4) is 0 Å². The van der Waals surface area contributed by atoms with Gasteiger partial charge in [0.2, 0.25) is 5.88 Å². The van der Waals surface area contributed by atoms with Crippen LogP contribution in [0.5, 0.6) is 11.6 Å². The summed E-state index contributed by atoms with van der Waals surface area (Å²) in [4.78, 5) is 3.91. The van der Waals surface area contributed by atoms with Gasteiger partial charge in [-0.25, -0.2) is 13.8 Å². The molecule has 2 aromatic rings. The molecule has 2 rings (SSSR count). The van der Waals surface area contributed by atoms with Crippen LogP contribution in [0, 0.1) is 11.6 Å². The average Bonchev–Trinajstić information content (AvgIpc) is 2.27. The molecular formula is C11H6BrF2NO. The van der Waals surface area contributed by atoms with E-state index in [2.05, 4.69) is 20.9 Å². The molecule has 16 heavy (non-hydrogen) atoms. The lowest BCUT2D eigenvalue weighted by Gasteiger charge is -2.06. The lowest BCUT2D eigenvalue weighted by molar-refractivity contribution is 0.444. The molecule has 5 heteroatoms. The van der Waals surface area contributed by atoms with E-state index < -0.39 is 11.6 Å². The van der Waals surface area contributed by atoms with Gasteiger partial charge >= 0.3 is 0 Å². The molecule has 0 aliphatic carbocycles. The molecule has 0 amide bonds. The van der Waals surface area contributed by atoms with Crippen LogP contribution in [0.2, 0.25) is 0 Å². The van der Waals surface area contributed by atoms with Gasteiger partial charge in [0.05, 0.1) is 4.47 Å². The van der Waals surface area contributed by atoms with Crippen LogP contribution in [0.25, 0.3) is 0 Å². The molecule has 1 aromatic heterocycles. The molecular weight excluding hydrogens is 280 g/mol. The lowest BCUT2D eigenvalue weighted by Crippen LogP contribution is -1.91. The second-order valence-electron chi connectivity index (χ2n) is 2.97. The number of ether oxygens (including phenoxy) is 1. The van der Waals surface area contributed by atoms with E-state index in [-0.39, 0.29) is 5.75 Å². The molecule has 0 atom stereocenters. The summed E-state index contributed by atoms with van der Waals surface area (Å²) in [5, 5.41) is 0. The highest BCUT2D eigenvalue weighted by Crippen LogP contribution is 2.30. The molecule has 82 valence electrons. The number of aromatic nitrogens is 1. The maximum absolute atomic E-state index is 13.0. The van der Waals surface area contributed by atoms with Gasteiger partial charge in [0.1, 0.15) is 5.75 Å². The second kappa shape index (κ2) is 4.57. The highest BCUT2D eigenvalue weighted by Gasteiger charge is 2.10. The van der Waals surface area contributed by atoms with Crippen molar-refractivity contribution in [2.24, 2.45) is 0 Å². The lowest BCUT2D eigenvalue weighted by atomic mass is 10.3. The highest BCUT2D eigenvalue weighted by atomic mass is 79.9. The van der Waals surface area contributed by atoms with Gasteiger partial charge in [-0.1, -0.05) is 6.07 Å². The van der Waals surface area contributed by atoms with E-state index in [1.165, 1.54) is 0 Å². The van der Waals surface area contributed by atoms with Crippen molar-refractivity contribution in [2.45, 2.75) is 0 Å². The van der Waals surface area contributed by atoms with Gasteiger partial charge in [-0.05, 0) is 28.1 Å². The molecule has 0 aliphatic heterocycles. The van der Waals surface area contributed by atoms with Crippen molar-refractivity contribution >= 4 is 15.9 Å². The first kappa shape index (κ1) is 11.0. The van der Waals surface area contributed by atoms with Gasteiger partial charge in [-0.3, -0.25) is 0 Å². The van der Waals surface area contributed by atoms with Crippen LogP contribution >= 0.6 is 15.9 Å². The van der Waals surface area contributed by atoms with Crippen LogP contribution in [0.15, 0.2) is 41.0 Å². The van der Waals surface area contributed by atoms with Crippen molar-refractivity contribution in [3.63, 3.8) is 0 Å². The first-order valence-corrected chi connectivity index (χ1v) is 5.19. The number of benzene rings is 1. The van der Waals surface area contributed by atoms with Crippen molar-refractivity contribution in [1.82, 2.24) is 4.98 Å². The SMILES string of the molecule is Fc1cc(Br)c(Oc2ccccn2)cc1F. The summed E-state index contributed by atoms with van der Waals surface area (Å²) in [6.07, 6.45) is 1.54. The minimum Gasteiger partial charge on any atom is -0.438 e. The summed E-state index contributed by atoms with van der Waals surface area (Å²) < 4.78 is 31.4. The van der Waals surface area contributed by atoms with E-state index in [4.69, 9.17) is 4.74 Å². The van der Waals surface area contributed by atoms with Crippen molar-refractivity contribution in [1.29, 1.82) is 0 Å². The third-order valence-corrected chi connectivity index (χ3v) is 2.45. The Morgan fingerprint density at radius 1 is 1.12 bits per heavy atom. The van der Waals surface area contributed by atoms with E-state index in [0.717, 1.165) is 12.1 Å². The normalized spacial score (nSPS) is 10.2. The molecule has 0 unspecified atom stereocenters. The molecule has 0 fully saturated rings. The summed E-state index contributed by atoms with van der Waals surface area (Å²) in [5.74, 6) is -1.40. The quantitative estimate of drug-likeness (QED) is 0.781. The first-order chi connectivity index (χ1) is 7.66. The zero-order valence-electron chi connectivity index (χ0n) is 7.95. The monoisotopic (exact) mass is 285 g/mol. The van der Waals surface area contributed by atoms with Crippen molar-refractivity contribution < 1.29 is 13.5 Å². The van der Waals surface area contributed by atoms with Gasteiger partial charge in [0, 0.05) is 18.3 Å². The predicted octanol–water partition coefficient (Wildman–Crippen LogP) is 3.91. The third kappa shape index (κ3) is 2.36. The fourth-order valence-electron chi connectivity index (χ4n) is 1.10. The highest BCUT2D eigenvalue weighted by molar-refractivity contribution is 9.10. The van der Waals surface area contributed by atoms with Gasteiger partial charge in [-0.2, -0.15) is 0 Å². The summed E-state index contributed by atoms with van der Waals surface area (Å²) in [6, 6.07) is 7.05. The molecule has 0 radical (unpaired) electrons. The van der Waals surface area contributed by atoms with Crippen LogP contribution in [0.4, 0.5) is 8.78 Å². The van der Waals surface area contributed by atoms with E-state index in [9.17, 15) is 8.78 Å². The Bertz CT molecular complexity index is 505. The minimum absolute atomic E-state index is 0.178. The Morgan fingerprint density at radius 2 is 1.88 bits per heavy atom. The standard InChI is InChI=1S/C11H6BrF2NO/c12-7-5-8(13)9(14)6-10(7)16-11-3-1-2-4-15-11/h1-6H. The summed E-state index contributed by atoms with van der Waals surface area (Å²) in [6.45, 7) is 0. The summed E-state index contributed by atoms with van der Waals surface area (Å²) in [5.41, 5.74) is 0.